The first-order valence-corrected chi connectivity index (χ1v) is 7.08. The van der Waals surface area contributed by atoms with E-state index in [4.69, 9.17) is 16.5 Å². The number of likely N-dealkylation sites (N-methyl/N-ethyl adjacent to an activating group) is 1. The van der Waals surface area contributed by atoms with E-state index in [1.807, 2.05) is 0 Å². The molecule has 0 radical (unpaired) electrons. The van der Waals surface area contributed by atoms with Gasteiger partial charge in [0.2, 0.25) is 0 Å². The average Bonchev–Trinajstić information content (AvgIpc) is 2.38. The maximum atomic E-state index is 6.14. The number of nitrogens with one attached hydrogen (secondary N) is 1. The van der Waals surface area contributed by atoms with E-state index in [1.54, 1.807) is 0 Å². The summed E-state index contributed by atoms with van der Waals surface area (Å²) in [5, 5.41) is 2.97. The highest BCUT2D eigenvalue weighted by Crippen LogP contribution is 2.35. The van der Waals surface area contributed by atoms with Gasteiger partial charge in [-0.05, 0) is 19.9 Å². The van der Waals surface area contributed by atoms with Gasteiger partial charge < -0.3 is 21.7 Å². The van der Waals surface area contributed by atoms with Crippen LogP contribution in [0.5, 0.6) is 0 Å². The number of nitrogens with zero attached hydrogens (tertiary/aromatic N) is 3. The summed E-state index contributed by atoms with van der Waals surface area (Å²) in [5.41, 5.74) is 12.9. The summed E-state index contributed by atoms with van der Waals surface area (Å²) < 4.78 is 0. The van der Waals surface area contributed by atoms with E-state index in [-0.39, 0.29) is 5.66 Å². The van der Waals surface area contributed by atoms with Crippen LogP contribution in [0.1, 0.15) is 26.7 Å². The zero-order valence-electron chi connectivity index (χ0n) is 12.2. The standard InChI is InChI=1S/C13H26N6/c1-4-10-11(14)16-12(15)17-13(10,5-2)19-8-6-18(3)7-9-19/h4-9,14H2,1-3H3,(H3,15,16,17). The van der Waals surface area contributed by atoms with E-state index >= 15 is 0 Å². The third kappa shape index (κ3) is 2.42. The Labute approximate surface area is 115 Å². The molecule has 1 saturated heterocycles. The Balaban J connectivity index is 2.36. The van der Waals surface area contributed by atoms with Crippen LogP contribution in [0, 0.1) is 0 Å². The molecular formula is C13H26N6. The molecule has 108 valence electrons. The summed E-state index contributed by atoms with van der Waals surface area (Å²) in [5.74, 6) is 1.10. The molecule has 2 heterocycles. The van der Waals surface area contributed by atoms with Gasteiger partial charge in [-0.1, -0.05) is 13.8 Å². The van der Waals surface area contributed by atoms with Crippen molar-refractivity contribution in [2.75, 3.05) is 33.2 Å². The predicted molar refractivity (Wildman–Crippen MR) is 78.4 cm³/mol. The fourth-order valence-corrected chi connectivity index (χ4v) is 3.15. The number of rotatable bonds is 3. The topological polar surface area (TPSA) is 82.9 Å². The first-order valence-electron chi connectivity index (χ1n) is 7.08. The fraction of sp³-hybridized carbons (Fsp3) is 0.769. The molecule has 6 nitrogen and oxygen atoms in total. The second kappa shape index (κ2) is 5.38. The summed E-state index contributed by atoms with van der Waals surface area (Å²) in [6, 6.07) is 0. The minimum atomic E-state index is -0.352. The highest BCUT2D eigenvalue weighted by molar-refractivity contribution is 5.81. The molecule has 0 aromatic rings. The number of hydrogen-bond donors (Lipinski definition) is 3. The fourth-order valence-electron chi connectivity index (χ4n) is 3.15. The maximum absolute atomic E-state index is 6.14. The Morgan fingerprint density at radius 3 is 2.37 bits per heavy atom. The van der Waals surface area contributed by atoms with Gasteiger partial charge in [0.25, 0.3) is 0 Å². The second-order valence-corrected chi connectivity index (χ2v) is 5.33. The van der Waals surface area contributed by atoms with E-state index in [9.17, 15) is 0 Å². The molecule has 6 heteroatoms. The summed E-state index contributed by atoms with van der Waals surface area (Å²) >= 11 is 0. The highest BCUT2D eigenvalue weighted by Gasteiger charge is 2.42. The molecule has 0 aliphatic carbocycles. The van der Waals surface area contributed by atoms with Gasteiger partial charge >= 0.3 is 0 Å². The van der Waals surface area contributed by atoms with Gasteiger partial charge in [0.05, 0.1) is 0 Å². The van der Waals surface area contributed by atoms with E-state index < -0.39 is 0 Å². The van der Waals surface area contributed by atoms with Crippen LogP contribution in [0.25, 0.3) is 0 Å². The largest absolute Gasteiger partial charge is 0.385 e. The highest BCUT2D eigenvalue weighted by atomic mass is 15.4. The zero-order valence-corrected chi connectivity index (χ0v) is 12.2. The molecule has 0 spiro atoms. The number of hydrogen-bond acceptors (Lipinski definition) is 6. The lowest BCUT2D eigenvalue weighted by Crippen LogP contribution is -2.60. The van der Waals surface area contributed by atoms with Crippen molar-refractivity contribution in [2.45, 2.75) is 32.4 Å². The van der Waals surface area contributed by atoms with Crippen molar-refractivity contribution in [1.29, 1.82) is 0 Å². The lowest BCUT2D eigenvalue weighted by atomic mass is 9.90. The first kappa shape index (κ1) is 14.1. The van der Waals surface area contributed by atoms with Crippen LogP contribution < -0.4 is 16.8 Å². The molecule has 0 aromatic heterocycles. The lowest BCUT2D eigenvalue weighted by Gasteiger charge is -2.47. The van der Waals surface area contributed by atoms with Crippen molar-refractivity contribution in [3.63, 3.8) is 0 Å². The lowest BCUT2D eigenvalue weighted by molar-refractivity contribution is 0.0602. The van der Waals surface area contributed by atoms with Gasteiger partial charge in [0, 0.05) is 31.8 Å². The van der Waals surface area contributed by atoms with Gasteiger partial charge in [-0.2, -0.15) is 0 Å². The van der Waals surface area contributed by atoms with Gasteiger partial charge in [0.15, 0.2) is 5.96 Å². The first-order chi connectivity index (χ1) is 9.03. The van der Waals surface area contributed by atoms with Crippen molar-refractivity contribution in [1.82, 2.24) is 15.1 Å². The smallest absolute Gasteiger partial charge is 0.196 e. The van der Waals surface area contributed by atoms with Crippen LogP contribution in [0.3, 0.4) is 0 Å². The minimum absolute atomic E-state index is 0.352. The molecule has 0 aromatic carbocycles. The van der Waals surface area contributed by atoms with E-state index in [0.29, 0.717) is 11.8 Å². The molecule has 2 aliphatic heterocycles. The number of nitrogens with two attached hydrogens (primary N) is 2. The molecule has 0 saturated carbocycles. The Hall–Kier alpha value is -1.27. The van der Waals surface area contributed by atoms with E-state index in [2.05, 4.69) is 36.0 Å². The molecular weight excluding hydrogens is 240 g/mol. The SMILES string of the molecule is CCC1=C(N)NC(N)=NC1(CC)N1CCN(C)CC1. The van der Waals surface area contributed by atoms with Crippen molar-refractivity contribution >= 4 is 5.96 Å². The van der Waals surface area contributed by atoms with Gasteiger partial charge in [0.1, 0.15) is 11.5 Å². The van der Waals surface area contributed by atoms with Gasteiger partial charge in [-0.3, -0.25) is 4.90 Å². The molecule has 2 aliphatic rings. The zero-order chi connectivity index (χ0) is 14.0. The van der Waals surface area contributed by atoms with Crippen LogP contribution in [0.4, 0.5) is 0 Å². The quantitative estimate of drug-likeness (QED) is 0.661. The van der Waals surface area contributed by atoms with Crippen LogP contribution in [-0.4, -0.2) is 54.6 Å². The summed E-state index contributed by atoms with van der Waals surface area (Å²) in [6.45, 7) is 8.39. The van der Waals surface area contributed by atoms with E-state index in [0.717, 1.165) is 44.6 Å². The van der Waals surface area contributed by atoms with Crippen molar-refractivity contribution in [2.24, 2.45) is 16.5 Å². The Morgan fingerprint density at radius 1 is 1.21 bits per heavy atom. The van der Waals surface area contributed by atoms with E-state index in [1.165, 1.54) is 0 Å². The van der Waals surface area contributed by atoms with Gasteiger partial charge in [-0.25, -0.2) is 4.99 Å². The molecule has 19 heavy (non-hydrogen) atoms. The second-order valence-electron chi connectivity index (χ2n) is 5.33. The molecule has 2 rings (SSSR count). The van der Waals surface area contributed by atoms with Crippen LogP contribution >= 0.6 is 0 Å². The molecule has 1 unspecified atom stereocenters. The van der Waals surface area contributed by atoms with Crippen LogP contribution in [-0.2, 0) is 0 Å². The van der Waals surface area contributed by atoms with Crippen molar-refractivity contribution in [3.05, 3.63) is 11.4 Å². The van der Waals surface area contributed by atoms with Crippen molar-refractivity contribution < 1.29 is 0 Å². The Kier molecular flexibility index (Phi) is 4.01. The number of piperazine rings is 1. The predicted octanol–water partition coefficient (Wildman–Crippen LogP) is -0.162. The van der Waals surface area contributed by atoms with Crippen LogP contribution in [0.15, 0.2) is 16.4 Å². The molecule has 0 amide bonds. The summed E-state index contributed by atoms with van der Waals surface area (Å²) in [4.78, 5) is 9.50. The summed E-state index contributed by atoms with van der Waals surface area (Å²) in [7, 11) is 2.15. The third-order valence-electron chi connectivity index (χ3n) is 4.25. The molecule has 1 atom stereocenters. The summed E-state index contributed by atoms with van der Waals surface area (Å²) in [6.07, 6.45) is 1.78. The van der Waals surface area contributed by atoms with Crippen LogP contribution in [0.2, 0.25) is 0 Å². The van der Waals surface area contributed by atoms with Gasteiger partial charge in [-0.15, -0.1) is 0 Å². The maximum Gasteiger partial charge on any atom is 0.196 e. The molecule has 0 bridgehead atoms. The normalized spacial score (nSPS) is 30.2. The molecule has 5 N–H and O–H groups in total. The number of aliphatic imine (C=N–C) groups is 1. The minimum Gasteiger partial charge on any atom is -0.385 e. The monoisotopic (exact) mass is 266 g/mol. The number of guanidine groups is 1. The third-order valence-corrected chi connectivity index (χ3v) is 4.25. The van der Waals surface area contributed by atoms with Crippen molar-refractivity contribution in [3.8, 4) is 0 Å². The Morgan fingerprint density at radius 2 is 1.84 bits per heavy atom. The average molecular weight is 266 g/mol. The molecule has 1 fully saturated rings. The Bertz CT molecular complexity index is 394.